The molecule has 0 aliphatic carbocycles. The van der Waals surface area contributed by atoms with Crippen LogP contribution < -0.4 is 4.72 Å². The molecule has 6 nitrogen and oxygen atoms in total. The average Bonchev–Trinajstić information content (AvgIpc) is 3.10. The quantitative estimate of drug-likeness (QED) is 0.457. The van der Waals surface area contributed by atoms with E-state index in [0.717, 1.165) is 28.1 Å². The normalized spacial score (nSPS) is 11.8. The fraction of sp³-hybridized carbons (Fsp3) is 0.217. The Kier molecular flexibility index (Phi) is 5.65. The number of pyridine rings is 1. The van der Waals surface area contributed by atoms with Crippen molar-refractivity contribution in [2.45, 2.75) is 31.7 Å². The van der Waals surface area contributed by atoms with Crippen molar-refractivity contribution >= 4 is 21.2 Å². The van der Waals surface area contributed by atoms with Gasteiger partial charge in [0, 0.05) is 24.8 Å². The molecule has 0 saturated heterocycles. The van der Waals surface area contributed by atoms with E-state index >= 15 is 0 Å². The first-order valence-corrected chi connectivity index (χ1v) is 11.4. The molecule has 2 aromatic heterocycles. The molecule has 4 rings (SSSR count). The lowest BCUT2D eigenvalue weighted by Crippen LogP contribution is -2.26. The minimum Gasteiger partial charge on any atom is -0.309 e. The first-order valence-electron chi connectivity index (χ1n) is 9.89. The standard InChI is InChI=1S/C23H24N4O2S/c1-17-10-12-19(13-11-17)22-26-20-8-5-14-24-23(20)27(22)16-6-15-25-30(28,29)21-9-4-3-7-18(21)2/h3-5,7-14,25H,6,15-16H2,1-2H3. The van der Waals surface area contributed by atoms with Crippen molar-refractivity contribution in [3.05, 3.63) is 78.0 Å². The monoisotopic (exact) mass is 420 g/mol. The van der Waals surface area contributed by atoms with Gasteiger partial charge in [-0.3, -0.25) is 0 Å². The summed E-state index contributed by atoms with van der Waals surface area (Å²) in [7, 11) is -3.53. The molecule has 2 aromatic carbocycles. The number of imidazole rings is 1. The maximum atomic E-state index is 12.6. The summed E-state index contributed by atoms with van der Waals surface area (Å²) < 4.78 is 30.0. The molecule has 2 heterocycles. The Labute approximate surface area is 176 Å². The van der Waals surface area contributed by atoms with Crippen LogP contribution in [-0.4, -0.2) is 29.5 Å². The highest BCUT2D eigenvalue weighted by Crippen LogP contribution is 2.24. The molecule has 0 radical (unpaired) electrons. The molecule has 0 aliphatic heterocycles. The molecule has 1 N–H and O–H groups in total. The maximum absolute atomic E-state index is 12.6. The number of sulfonamides is 1. The Balaban J connectivity index is 1.53. The minimum absolute atomic E-state index is 0.320. The molecule has 0 aliphatic rings. The molecule has 4 aromatic rings. The molecule has 30 heavy (non-hydrogen) atoms. The number of nitrogens with zero attached hydrogens (tertiary/aromatic N) is 3. The number of nitrogens with one attached hydrogen (secondary N) is 1. The molecular formula is C23H24N4O2S. The molecule has 0 unspecified atom stereocenters. The lowest BCUT2D eigenvalue weighted by Gasteiger charge is -2.11. The van der Waals surface area contributed by atoms with Crippen LogP contribution in [0.4, 0.5) is 0 Å². The second kappa shape index (κ2) is 8.38. The Bertz CT molecular complexity index is 1280. The van der Waals surface area contributed by atoms with E-state index in [1.54, 1.807) is 31.3 Å². The Morgan fingerprint density at radius 2 is 1.73 bits per heavy atom. The third-order valence-electron chi connectivity index (χ3n) is 5.05. The first-order chi connectivity index (χ1) is 14.5. The van der Waals surface area contributed by atoms with Crippen LogP contribution in [0.2, 0.25) is 0 Å². The first kappa shape index (κ1) is 20.3. The predicted octanol–water partition coefficient (Wildman–Crippen LogP) is 4.08. The zero-order valence-corrected chi connectivity index (χ0v) is 17.9. The molecule has 154 valence electrons. The summed E-state index contributed by atoms with van der Waals surface area (Å²) in [5, 5.41) is 0. The molecule has 0 fully saturated rings. The van der Waals surface area contributed by atoms with Crippen LogP contribution in [0.5, 0.6) is 0 Å². The average molecular weight is 421 g/mol. The lowest BCUT2D eigenvalue weighted by molar-refractivity contribution is 0.571. The fourth-order valence-electron chi connectivity index (χ4n) is 3.47. The minimum atomic E-state index is -3.53. The van der Waals surface area contributed by atoms with E-state index in [1.165, 1.54) is 5.56 Å². The molecule has 7 heteroatoms. The number of hydrogen-bond donors (Lipinski definition) is 1. The van der Waals surface area contributed by atoms with Crippen molar-refractivity contribution in [1.82, 2.24) is 19.3 Å². The van der Waals surface area contributed by atoms with Crippen LogP contribution in [0.1, 0.15) is 17.5 Å². The predicted molar refractivity (Wildman–Crippen MR) is 119 cm³/mol. The van der Waals surface area contributed by atoms with E-state index in [1.807, 2.05) is 30.3 Å². The summed E-state index contributed by atoms with van der Waals surface area (Å²) in [6.45, 7) is 4.78. The van der Waals surface area contributed by atoms with E-state index in [0.29, 0.717) is 24.4 Å². The summed E-state index contributed by atoms with van der Waals surface area (Å²) in [6, 6.07) is 19.0. The third kappa shape index (κ3) is 4.13. The summed E-state index contributed by atoms with van der Waals surface area (Å²) in [6.07, 6.45) is 2.37. The van der Waals surface area contributed by atoms with Gasteiger partial charge in [-0.2, -0.15) is 0 Å². The van der Waals surface area contributed by atoms with Gasteiger partial charge in [0.05, 0.1) is 4.90 Å². The van der Waals surface area contributed by atoms with Gasteiger partial charge in [-0.25, -0.2) is 23.1 Å². The van der Waals surface area contributed by atoms with E-state index in [-0.39, 0.29) is 0 Å². The van der Waals surface area contributed by atoms with E-state index < -0.39 is 10.0 Å². The SMILES string of the molecule is Cc1ccc(-c2nc3cccnc3n2CCCNS(=O)(=O)c2ccccc2C)cc1. The maximum Gasteiger partial charge on any atom is 0.240 e. The molecule has 0 spiro atoms. The van der Waals surface area contributed by atoms with Crippen molar-refractivity contribution in [2.24, 2.45) is 0 Å². The van der Waals surface area contributed by atoms with E-state index in [4.69, 9.17) is 4.98 Å². The van der Waals surface area contributed by atoms with E-state index in [2.05, 4.69) is 33.3 Å². The second-order valence-electron chi connectivity index (χ2n) is 7.32. The number of benzene rings is 2. The van der Waals surface area contributed by atoms with Crippen LogP contribution >= 0.6 is 0 Å². The number of fused-ring (bicyclic) bond motifs is 1. The van der Waals surface area contributed by atoms with Crippen LogP contribution in [0.25, 0.3) is 22.6 Å². The van der Waals surface area contributed by atoms with Gasteiger partial charge in [0.2, 0.25) is 10.0 Å². The molecule has 0 amide bonds. The Morgan fingerprint density at radius 3 is 2.50 bits per heavy atom. The van der Waals surface area contributed by atoms with Gasteiger partial charge < -0.3 is 4.57 Å². The largest absolute Gasteiger partial charge is 0.309 e. The van der Waals surface area contributed by atoms with Crippen LogP contribution in [0.3, 0.4) is 0 Å². The van der Waals surface area contributed by atoms with Gasteiger partial charge in [-0.15, -0.1) is 0 Å². The summed E-state index contributed by atoms with van der Waals surface area (Å²) >= 11 is 0. The van der Waals surface area contributed by atoms with Crippen molar-refractivity contribution < 1.29 is 8.42 Å². The van der Waals surface area contributed by atoms with Gasteiger partial charge in [0.15, 0.2) is 5.65 Å². The zero-order valence-electron chi connectivity index (χ0n) is 17.0. The van der Waals surface area contributed by atoms with Crippen LogP contribution in [0.15, 0.2) is 71.8 Å². The highest BCUT2D eigenvalue weighted by Gasteiger charge is 2.16. The molecular weight excluding hydrogens is 396 g/mol. The van der Waals surface area contributed by atoms with Gasteiger partial charge in [0.25, 0.3) is 0 Å². The van der Waals surface area contributed by atoms with Crippen molar-refractivity contribution in [3.63, 3.8) is 0 Å². The van der Waals surface area contributed by atoms with E-state index in [9.17, 15) is 8.42 Å². The zero-order chi connectivity index (χ0) is 21.1. The highest BCUT2D eigenvalue weighted by molar-refractivity contribution is 7.89. The lowest BCUT2D eigenvalue weighted by atomic mass is 10.1. The number of aryl methyl sites for hydroxylation is 3. The Hall–Kier alpha value is -3.03. The third-order valence-corrected chi connectivity index (χ3v) is 6.67. The van der Waals surface area contributed by atoms with Crippen LogP contribution in [-0.2, 0) is 16.6 Å². The number of aromatic nitrogens is 3. The fourth-order valence-corrected chi connectivity index (χ4v) is 4.79. The molecule has 0 atom stereocenters. The van der Waals surface area contributed by atoms with Crippen molar-refractivity contribution in [1.29, 1.82) is 0 Å². The van der Waals surface area contributed by atoms with Gasteiger partial charge in [-0.05, 0) is 44.0 Å². The number of hydrogen-bond acceptors (Lipinski definition) is 4. The van der Waals surface area contributed by atoms with Crippen LogP contribution in [0, 0.1) is 13.8 Å². The molecule has 0 saturated carbocycles. The smallest absolute Gasteiger partial charge is 0.240 e. The Morgan fingerprint density at radius 1 is 0.967 bits per heavy atom. The van der Waals surface area contributed by atoms with Gasteiger partial charge in [0.1, 0.15) is 11.3 Å². The topological polar surface area (TPSA) is 76.9 Å². The van der Waals surface area contributed by atoms with Gasteiger partial charge in [-0.1, -0.05) is 48.0 Å². The molecule has 0 bridgehead atoms. The second-order valence-corrected chi connectivity index (χ2v) is 9.05. The summed E-state index contributed by atoms with van der Waals surface area (Å²) in [5.41, 5.74) is 4.56. The summed E-state index contributed by atoms with van der Waals surface area (Å²) in [4.78, 5) is 9.57. The highest BCUT2D eigenvalue weighted by atomic mass is 32.2. The van der Waals surface area contributed by atoms with Crippen molar-refractivity contribution in [3.8, 4) is 11.4 Å². The van der Waals surface area contributed by atoms with Crippen molar-refractivity contribution in [2.75, 3.05) is 6.54 Å². The van der Waals surface area contributed by atoms with Gasteiger partial charge >= 0.3 is 0 Å². The summed E-state index contributed by atoms with van der Waals surface area (Å²) in [5.74, 6) is 0.838. The number of rotatable bonds is 7.